The minimum absolute atomic E-state index is 0.138. The van der Waals surface area contributed by atoms with Gasteiger partial charge in [0.25, 0.3) is 0 Å². The number of nitrogens with one attached hydrogen (secondary N) is 1. The number of benzene rings is 2. The van der Waals surface area contributed by atoms with E-state index in [1.807, 2.05) is 22.8 Å². The summed E-state index contributed by atoms with van der Waals surface area (Å²) >= 11 is 1.35. The van der Waals surface area contributed by atoms with Crippen molar-refractivity contribution in [3.05, 3.63) is 48.0 Å². The van der Waals surface area contributed by atoms with Gasteiger partial charge in [0.2, 0.25) is 18.6 Å². The van der Waals surface area contributed by atoms with Gasteiger partial charge in [-0.25, -0.2) is 0 Å². The third-order valence-corrected chi connectivity index (χ3v) is 6.18. The molecule has 0 atom stereocenters. The maximum atomic E-state index is 12.6. The highest BCUT2D eigenvalue weighted by atomic mass is 32.2. The van der Waals surface area contributed by atoms with Gasteiger partial charge in [-0.15, -0.1) is 10.2 Å². The van der Waals surface area contributed by atoms with Crippen molar-refractivity contribution in [1.82, 2.24) is 14.8 Å². The lowest BCUT2D eigenvalue weighted by Gasteiger charge is -2.28. The van der Waals surface area contributed by atoms with Gasteiger partial charge in [-0.3, -0.25) is 9.36 Å². The number of fused-ring (bicyclic) bond motifs is 1. The molecule has 3 heterocycles. The number of thioether (sulfide) groups is 1. The van der Waals surface area contributed by atoms with E-state index in [1.54, 1.807) is 18.2 Å². The Hall–Kier alpha value is -3.24. The van der Waals surface area contributed by atoms with E-state index >= 15 is 0 Å². The molecule has 1 amide bonds. The van der Waals surface area contributed by atoms with Crippen LogP contribution < -0.4 is 19.7 Å². The summed E-state index contributed by atoms with van der Waals surface area (Å²) in [5.41, 5.74) is 2.76. The Morgan fingerprint density at radius 3 is 2.75 bits per heavy atom. The van der Waals surface area contributed by atoms with Crippen molar-refractivity contribution in [1.29, 1.82) is 0 Å². The molecule has 1 N–H and O–H groups in total. The van der Waals surface area contributed by atoms with Crippen LogP contribution in [0.2, 0.25) is 0 Å². The Labute approximate surface area is 189 Å². The number of nitrogens with zero attached hydrogens (tertiary/aromatic N) is 4. The molecule has 0 unspecified atom stereocenters. The number of ether oxygens (including phenoxy) is 3. The van der Waals surface area contributed by atoms with Crippen molar-refractivity contribution in [3.8, 4) is 17.2 Å². The van der Waals surface area contributed by atoms with Crippen molar-refractivity contribution in [2.75, 3.05) is 49.1 Å². The average molecular weight is 454 g/mol. The van der Waals surface area contributed by atoms with Crippen LogP contribution in [0.25, 0.3) is 5.69 Å². The quantitative estimate of drug-likeness (QED) is 0.570. The van der Waals surface area contributed by atoms with Gasteiger partial charge < -0.3 is 24.4 Å². The first-order chi connectivity index (χ1) is 15.7. The first-order valence-corrected chi connectivity index (χ1v) is 11.3. The molecule has 5 rings (SSSR count). The van der Waals surface area contributed by atoms with Crippen molar-refractivity contribution in [2.24, 2.45) is 0 Å². The lowest BCUT2D eigenvalue weighted by atomic mass is 10.2. The molecule has 10 heteroatoms. The molecular formula is C22H23N5O4S. The smallest absolute Gasteiger partial charge is 0.234 e. The molecule has 2 aliphatic heterocycles. The van der Waals surface area contributed by atoms with E-state index in [1.165, 1.54) is 11.8 Å². The number of rotatable bonds is 6. The highest BCUT2D eigenvalue weighted by Gasteiger charge is 2.23. The summed E-state index contributed by atoms with van der Waals surface area (Å²) in [4.78, 5) is 14.8. The van der Waals surface area contributed by atoms with Crippen LogP contribution in [0.5, 0.6) is 11.5 Å². The van der Waals surface area contributed by atoms with Crippen molar-refractivity contribution >= 4 is 29.3 Å². The summed E-state index contributed by atoms with van der Waals surface area (Å²) in [5.74, 6) is 2.13. The Kier molecular flexibility index (Phi) is 5.87. The Balaban J connectivity index is 1.34. The monoisotopic (exact) mass is 453 g/mol. The normalized spacial score (nSPS) is 15.1. The van der Waals surface area contributed by atoms with Gasteiger partial charge in [0.05, 0.1) is 24.7 Å². The van der Waals surface area contributed by atoms with E-state index in [0.717, 1.165) is 30.3 Å². The van der Waals surface area contributed by atoms with Crippen LogP contribution in [0.3, 0.4) is 0 Å². The zero-order valence-corrected chi connectivity index (χ0v) is 18.4. The van der Waals surface area contributed by atoms with Gasteiger partial charge in [-0.05, 0) is 30.7 Å². The van der Waals surface area contributed by atoms with E-state index in [2.05, 4.69) is 33.4 Å². The van der Waals surface area contributed by atoms with Crippen LogP contribution >= 0.6 is 11.8 Å². The summed E-state index contributed by atoms with van der Waals surface area (Å²) in [7, 11) is 0. The van der Waals surface area contributed by atoms with E-state index in [0.29, 0.717) is 35.6 Å². The molecule has 0 radical (unpaired) electrons. The summed E-state index contributed by atoms with van der Waals surface area (Å²) in [5, 5.41) is 12.4. The van der Waals surface area contributed by atoms with Gasteiger partial charge in [0.15, 0.2) is 16.7 Å². The van der Waals surface area contributed by atoms with Gasteiger partial charge in [-0.1, -0.05) is 30.0 Å². The summed E-state index contributed by atoms with van der Waals surface area (Å²) in [6.45, 7) is 5.06. The number of amides is 1. The lowest BCUT2D eigenvalue weighted by molar-refractivity contribution is -0.113. The number of carbonyl (C=O) groups excluding carboxylic acids is 1. The molecule has 0 bridgehead atoms. The maximum Gasteiger partial charge on any atom is 0.234 e. The number of morpholine rings is 1. The van der Waals surface area contributed by atoms with Crippen molar-refractivity contribution < 1.29 is 19.0 Å². The van der Waals surface area contributed by atoms with E-state index in [-0.39, 0.29) is 18.5 Å². The molecule has 1 aromatic heterocycles. The third-order valence-electron chi connectivity index (χ3n) is 5.26. The molecule has 0 saturated carbocycles. The topological polar surface area (TPSA) is 90.7 Å². The number of hydrogen-bond donors (Lipinski definition) is 1. The Morgan fingerprint density at radius 1 is 1.09 bits per heavy atom. The number of anilines is 2. The molecule has 32 heavy (non-hydrogen) atoms. The molecule has 3 aromatic rings. The SMILES string of the molecule is Cc1ccccc1-n1c(SCC(=O)Nc2ccc3c(c2)OCO3)nnc1N1CCOCC1. The predicted octanol–water partition coefficient (Wildman–Crippen LogP) is 2.87. The first kappa shape index (κ1) is 20.7. The van der Waals surface area contributed by atoms with Crippen molar-refractivity contribution in [2.45, 2.75) is 12.1 Å². The minimum Gasteiger partial charge on any atom is -0.454 e. The largest absolute Gasteiger partial charge is 0.454 e. The molecule has 0 aliphatic carbocycles. The van der Waals surface area contributed by atoms with Gasteiger partial charge >= 0.3 is 0 Å². The number of hydrogen-bond acceptors (Lipinski definition) is 8. The number of aromatic nitrogens is 3. The van der Waals surface area contributed by atoms with Crippen LogP contribution in [-0.4, -0.2) is 59.5 Å². The predicted molar refractivity (Wildman–Crippen MR) is 121 cm³/mol. The van der Waals surface area contributed by atoms with Gasteiger partial charge in [0, 0.05) is 24.8 Å². The Morgan fingerprint density at radius 2 is 1.91 bits per heavy atom. The molecule has 0 spiro atoms. The highest BCUT2D eigenvalue weighted by Crippen LogP contribution is 2.34. The summed E-state index contributed by atoms with van der Waals surface area (Å²) in [6, 6.07) is 13.4. The highest BCUT2D eigenvalue weighted by molar-refractivity contribution is 7.99. The lowest BCUT2D eigenvalue weighted by Crippen LogP contribution is -2.38. The van der Waals surface area contributed by atoms with Crippen LogP contribution in [0.15, 0.2) is 47.6 Å². The van der Waals surface area contributed by atoms with E-state index < -0.39 is 0 Å². The first-order valence-electron chi connectivity index (χ1n) is 10.4. The number of aryl methyl sites for hydroxylation is 1. The standard InChI is InChI=1S/C22H23N5O4S/c1-15-4-2-3-5-17(15)27-21(26-8-10-29-11-9-26)24-25-22(27)32-13-20(28)23-16-6-7-18-19(12-16)31-14-30-18/h2-7,12H,8-11,13-14H2,1H3,(H,23,28). The van der Waals surface area contributed by atoms with Gasteiger partial charge in [-0.2, -0.15) is 0 Å². The van der Waals surface area contributed by atoms with Crippen LogP contribution in [0.4, 0.5) is 11.6 Å². The second kappa shape index (κ2) is 9.09. The summed E-state index contributed by atoms with van der Waals surface area (Å²) in [6.07, 6.45) is 0. The third kappa shape index (κ3) is 4.23. The second-order valence-electron chi connectivity index (χ2n) is 7.41. The second-order valence-corrected chi connectivity index (χ2v) is 8.35. The van der Waals surface area contributed by atoms with Crippen molar-refractivity contribution in [3.63, 3.8) is 0 Å². The number of carbonyl (C=O) groups is 1. The molecule has 1 fully saturated rings. The zero-order chi connectivity index (χ0) is 21.9. The van der Waals surface area contributed by atoms with Gasteiger partial charge in [0.1, 0.15) is 0 Å². The molecular weight excluding hydrogens is 430 g/mol. The van der Waals surface area contributed by atoms with E-state index in [9.17, 15) is 4.79 Å². The van der Waals surface area contributed by atoms with Crippen LogP contribution in [0.1, 0.15) is 5.56 Å². The fraction of sp³-hybridized carbons (Fsp3) is 0.318. The zero-order valence-electron chi connectivity index (χ0n) is 17.6. The molecule has 166 valence electrons. The maximum absolute atomic E-state index is 12.6. The fourth-order valence-electron chi connectivity index (χ4n) is 3.65. The Bertz CT molecular complexity index is 1130. The minimum atomic E-state index is -0.138. The summed E-state index contributed by atoms with van der Waals surface area (Å²) < 4.78 is 18.2. The molecule has 2 aliphatic rings. The fourth-order valence-corrected chi connectivity index (χ4v) is 4.39. The van der Waals surface area contributed by atoms with Crippen LogP contribution in [0, 0.1) is 6.92 Å². The molecule has 9 nitrogen and oxygen atoms in total. The number of para-hydroxylation sites is 1. The molecule has 1 saturated heterocycles. The van der Waals surface area contributed by atoms with Crippen LogP contribution in [-0.2, 0) is 9.53 Å². The average Bonchev–Trinajstić information content (AvgIpc) is 3.45. The molecule has 2 aromatic carbocycles. The van der Waals surface area contributed by atoms with E-state index in [4.69, 9.17) is 14.2 Å².